The van der Waals surface area contributed by atoms with Gasteiger partial charge in [0, 0.05) is 22.7 Å². The molecule has 5 heteroatoms. The van der Waals surface area contributed by atoms with Crippen LogP contribution in [0.1, 0.15) is 18.1 Å². The van der Waals surface area contributed by atoms with Crippen molar-refractivity contribution in [3.8, 4) is 5.75 Å². The average Bonchev–Trinajstić information content (AvgIpc) is 2.48. The van der Waals surface area contributed by atoms with E-state index >= 15 is 0 Å². The van der Waals surface area contributed by atoms with Gasteiger partial charge in [-0.05, 0) is 30.8 Å². The number of halogens is 3. The molecular weight excluding hydrogens is 329 g/mol. The zero-order chi connectivity index (χ0) is 15.2. The minimum atomic E-state index is 0.361. The molecule has 0 aromatic heterocycles. The Hall–Kier alpha value is -0.930. The van der Waals surface area contributed by atoms with Crippen molar-refractivity contribution in [1.29, 1.82) is 0 Å². The van der Waals surface area contributed by atoms with E-state index in [1.54, 1.807) is 6.07 Å². The highest BCUT2D eigenvalue weighted by molar-refractivity contribution is 6.42. The summed E-state index contributed by atoms with van der Waals surface area (Å²) in [5.74, 6) is 0.788. The molecular formula is C16H16Cl3NO. The molecule has 2 aromatic carbocycles. The fourth-order valence-corrected chi connectivity index (χ4v) is 2.47. The fraction of sp³-hybridized carbons (Fsp3) is 0.250. The summed E-state index contributed by atoms with van der Waals surface area (Å²) >= 11 is 18.2. The topological polar surface area (TPSA) is 21.3 Å². The molecule has 0 bridgehead atoms. The Morgan fingerprint density at radius 3 is 2.62 bits per heavy atom. The van der Waals surface area contributed by atoms with E-state index in [4.69, 9.17) is 39.5 Å². The van der Waals surface area contributed by atoms with Crippen molar-refractivity contribution in [3.05, 3.63) is 62.6 Å². The van der Waals surface area contributed by atoms with E-state index < -0.39 is 0 Å². The Kier molecular flexibility index (Phi) is 6.19. The molecule has 0 saturated heterocycles. The Labute approximate surface area is 140 Å². The summed E-state index contributed by atoms with van der Waals surface area (Å²) in [5, 5.41) is 5.01. The molecule has 2 aromatic rings. The number of hydrogen-bond acceptors (Lipinski definition) is 2. The number of hydrogen-bond donors (Lipinski definition) is 1. The highest BCUT2D eigenvalue weighted by Crippen LogP contribution is 2.28. The first-order chi connectivity index (χ1) is 10.1. The molecule has 0 radical (unpaired) electrons. The molecule has 0 unspecified atom stereocenters. The molecule has 0 aliphatic carbocycles. The Bertz CT molecular complexity index is 616. The van der Waals surface area contributed by atoms with Crippen LogP contribution >= 0.6 is 34.8 Å². The van der Waals surface area contributed by atoms with E-state index in [9.17, 15) is 0 Å². The van der Waals surface area contributed by atoms with Crippen LogP contribution in [0.25, 0.3) is 0 Å². The van der Waals surface area contributed by atoms with Gasteiger partial charge in [0.05, 0.1) is 10.0 Å². The minimum Gasteiger partial charge on any atom is -0.489 e. The lowest BCUT2D eigenvalue weighted by molar-refractivity contribution is 0.302. The molecule has 0 heterocycles. The first-order valence-corrected chi connectivity index (χ1v) is 7.80. The summed E-state index contributed by atoms with van der Waals surface area (Å²) in [6.07, 6.45) is 0. The first kappa shape index (κ1) is 16.4. The molecule has 21 heavy (non-hydrogen) atoms. The van der Waals surface area contributed by atoms with Crippen LogP contribution < -0.4 is 10.1 Å². The summed E-state index contributed by atoms with van der Waals surface area (Å²) in [6.45, 7) is 4.00. The van der Waals surface area contributed by atoms with Crippen LogP contribution in [0.4, 0.5) is 0 Å². The summed E-state index contributed by atoms with van der Waals surface area (Å²) in [4.78, 5) is 0. The lowest BCUT2D eigenvalue weighted by Crippen LogP contribution is -2.13. The van der Waals surface area contributed by atoms with Gasteiger partial charge in [-0.15, -0.1) is 0 Å². The van der Waals surface area contributed by atoms with Crippen molar-refractivity contribution in [1.82, 2.24) is 5.32 Å². The third kappa shape index (κ3) is 4.52. The maximum atomic E-state index is 6.16. The van der Waals surface area contributed by atoms with Crippen LogP contribution in [0.3, 0.4) is 0 Å². The maximum absolute atomic E-state index is 6.16. The van der Waals surface area contributed by atoms with Gasteiger partial charge < -0.3 is 10.1 Å². The molecule has 0 aliphatic rings. The number of benzene rings is 2. The molecule has 2 rings (SSSR count). The molecule has 0 amide bonds. The summed E-state index contributed by atoms with van der Waals surface area (Å²) < 4.78 is 5.87. The van der Waals surface area contributed by atoms with Gasteiger partial charge in [-0.25, -0.2) is 0 Å². The van der Waals surface area contributed by atoms with Crippen LogP contribution in [-0.2, 0) is 13.2 Å². The molecule has 0 atom stereocenters. The van der Waals surface area contributed by atoms with Crippen LogP contribution in [0.15, 0.2) is 36.4 Å². The molecule has 0 spiro atoms. The zero-order valence-corrected chi connectivity index (χ0v) is 13.9. The largest absolute Gasteiger partial charge is 0.489 e. The fourth-order valence-electron chi connectivity index (χ4n) is 1.90. The highest BCUT2D eigenvalue weighted by atomic mass is 35.5. The molecule has 2 nitrogen and oxygen atoms in total. The lowest BCUT2D eigenvalue weighted by atomic mass is 10.2. The van der Waals surface area contributed by atoms with E-state index in [0.29, 0.717) is 28.2 Å². The molecule has 1 N–H and O–H groups in total. The van der Waals surface area contributed by atoms with E-state index in [-0.39, 0.29) is 0 Å². The van der Waals surface area contributed by atoms with Gasteiger partial charge in [-0.1, -0.05) is 53.9 Å². The van der Waals surface area contributed by atoms with Crippen molar-refractivity contribution >= 4 is 34.8 Å². The highest BCUT2D eigenvalue weighted by Gasteiger charge is 2.08. The quantitative estimate of drug-likeness (QED) is 0.764. The van der Waals surface area contributed by atoms with Crippen LogP contribution in [0, 0.1) is 0 Å². The second kappa shape index (κ2) is 7.90. The van der Waals surface area contributed by atoms with Crippen molar-refractivity contribution in [2.45, 2.75) is 20.1 Å². The van der Waals surface area contributed by atoms with Crippen molar-refractivity contribution in [3.63, 3.8) is 0 Å². The third-order valence-electron chi connectivity index (χ3n) is 3.00. The van der Waals surface area contributed by atoms with E-state index in [0.717, 1.165) is 23.4 Å². The molecule has 112 valence electrons. The maximum Gasteiger partial charge on any atom is 0.124 e. The predicted molar refractivity (Wildman–Crippen MR) is 89.6 cm³/mol. The minimum absolute atomic E-state index is 0.361. The van der Waals surface area contributed by atoms with Crippen LogP contribution in [-0.4, -0.2) is 6.54 Å². The first-order valence-electron chi connectivity index (χ1n) is 6.66. The summed E-state index contributed by atoms with van der Waals surface area (Å²) in [6, 6.07) is 11.1. The normalized spacial score (nSPS) is 10.7. The van der Waals surface area contributed by atoms with E-state index in [1.807, 2.05) is 30.3 Å². The van der Waals surface area contributed by atoms with Crippen molar-refractivity contribution < 1.29 is 4.74 Å². The van der Waals surface area contributed by atoms with Crippen LogP contribution in [0.5, 0.6) is 5.75 Å². The molecule has 0 aliphatic heterocycles. The SMILES string of the molecule is CCNCc1cc(Cl)ccc1OCc1cccc(Cl)c1Cl. The second-order valence-corrected chi connectivity index (χ2v) is 5.76. The molecule has 0 fully saturated rings. The van der Waals surface area contributed by atoms with E-state index in [1.165, 1.54) is 0 Å². The second-order valence-electron chi connectivity index (χ2n) is 4.53. The van der Waals surface area contributed by atoms with Gasteiger partial charge in [0.2, 0.25) is 0 Å². The third-order valence-corrected chi connectivity index (χ3v) is 4.10. The standard InChI is InChI=1S/C16H16Cl3NO/c1-2-20-9-12-8-13(17)6-7-15(12)21-10-11-4-3-5-14(18)16(11)19/h3-8,20H,2,9-10H2,1H3. The predicted octanol–water partition coefficient (Wildman–Crippen LogP) is 5.34. The van der Waals surface area contributed by atoms with Crippen LogP contribution in [0.2, 0.25) is 15.1 Å². The van der Waals surface area contributed by atoms with Gasteiger partial charge in [0.1, 0.15) is 12.4 Å². The zero-order valence-electron chi connectivity index (χ0n) is 11.6. The lowest BCUT2D eigenvalue weighted by Gasteiger charge is -2.13. The summed E-state index contributed by atoms with van der Waals surface area (Å²) in [5.41, 5.74) is 1.87. The van der Waals surface area contributed by atoms with Crippen molar-refractivity contribution in [2.24, 2.45) is 0 Å². The van der Waals surface area contributed by atoms with Crippen molar-refractivity contribution in [2.75, 3.05) is 6.54 Å². The van der Waals surface area contributed by atoms with Gasteiger partial charge in [-0.3, -0.25) is 0 Å². The smallest absolute Gasteiger partial charge is 0.124 e. The monoisotopic (exact) mass is 343 g/mol. The van der Waals surface area contributed by atoms with Gasteiger partial charge in [0.15, 0.2) is 0 Å². The Morgan fingerprint density at radius 1 is 1.05 bits per heavy atom. The summed E-state index contributed by atoms with van der Waals surface area (Å²) in [7, 11) is 0. The Morgan fingerprint density at radius 2 is 1.86 bits per heavy atom. The Balaban J connectivity index is 2.14. The van der Waals surface area contributed by atoms with Gasteiger partial charge in [-0.2, -0.15) is 0 Å². The number of ether oxygens (including phenoxy) is 1. The molecule has 0 saturated carbocycles. The number of nitrogens with one attached hydrogen (secondary N) is 1. The number of rotatable bonds is 6. The van der Waals surface area contributed by atoms with Gasteiger partial charge >= 0.3 is 0 Å². The van der Waals surface area contributed by atoms with E-state index in [2.05, 4.69) is 12.2 Å². The average molecular weight is 345 g/mol. The van der Waals surface area contributed by atoms with Gasteiger partial charge in [0.25, 0.3) is 0 Å².